The molecule has 0 amide bonds. The lowest BCUT2D eigenvalue weighted by Crippen LogP contribution is -2.07. The van der Waals surface area contributed by atoms with Gasteiger partial charge in [0.05, 0.1) is 0 Å². The normalized spacial score (nSPS) is 12.7. The van der Waals surface area contributed by atoms with E-state index < -0.39 is 0 Å². The van der Waals surface area contributed by atoms with Gasteiger partial charge in [-0.1, -0.05) is 5.57 Å². The second kappa shape index (κ2) is 5.18. The SMILES string of the molecule is C=N/C(C)=C(/C)CCNC. The molecule has 0 aliphatic rings. The van der Waals surface area contributed by atoms with Crippen molar-refractivity contribution >= 4 is 6.72 Å². The van der Waals surface area contributed by atoms with Crippen molar-refractivity contribution in [2.75, 3.05) is 13.6 Å². The van der Waals surface area contributed by atoms with Crippen LogP contribution in [0, 0.1) is 0 Å². The van der Waals surface area contributed by atoms with Crippen LogP contribution in [0.5, 0.6) is 0 Å². The van der Waals surface area contributed by atoms with Crippen LogP contribution in [0.15, 0.2) is 16.3 Å². The van der Waals surface area contributed by atoms with E-state index in [1.165, 1.54) is 5.57 Å². The van der Waals surface area contributed by atoms with Crippen molar-refractivity contribution in [1.29, 1.82) is 0 Å². The van der Waals surface area contributed by atoms with E-state index in [2.05, 4.69) is 24.0 Å². The Bertz CT molecular complexity index is 136. The zero-order valence-corrected chi connectivity index (χ0v) is 7.07. The van der Waals surface area contributed by atoms with E-state index >= 15 is 0 Å². The minimum atomic E-state index is 1.01. The molecule has 0 rings (SSSR count). The maximum absolute atomic E-state index is 3.84. The van der Waals surface area contributed by atoms with Crippen molar-refractivity contribution < 1.29 is 0 Å². The predicted molar refractivity (Wildman–Crippen MR) is 46.5 cm³/mol. The highest BCUT2D eigenvalue weighted by molar-refractivity contribution is 5.29. The zero-order valence-electron chi connectivity index (χ0n) is 7.07. The topological polar surface area (TPSA) is 24.4 Å². The van der Waals surface area contributed by atoms with Crippen LogP contribution in [0.4, 0.5) is 0 Å². The molecule has 58 valence electrons. The van der Waals surface area contributed by atoms with Crippen molar-refractivity contribution in [2.45, 2.75) is 20.3 Å². The largest absolute Gasteiger partial charge is 0.319 e. The van der Waals surface area contributed by atoms with Crippen molar-refractivity contribution in [3.63, 3.8) is 0 Å². The molecule has 0 aliphatic heterocycles. The summed E-state index contributed by atoms with van der Waals surface area (Å²) in [5.74, 6) is 0. The zero-order chi connectivity index (χ0) is 7.98. The summed E-state index contributed by atoms with van der Waals surface area (Å²) < 4.78 is 0. The highest BCUT2D eigenvalue weighted by Crippen LogP contribution is 2.06. The molecule has 0 aromatic carbocycles. The molecule has 0 heterocycles. The standard InChI is InChI=1S/C8H16N2/c1-7(5-6-9-3)8(2)10-4/h9H,4-6H2,1-3H3/b8-7-. The molecule has 0 aromatic rings. The maximum Gasteiger partial charge on any atom is 0.0355 e. The van der Waals surface area contributed by atoms with Crippen LogP contribution in [-0.2, 0) is 0 Å². The summed E-state index contributed by atoms with van der Waals surface area (Å²) in [5.41, 5.74) is 2.36. The van der Waals surface area contributed by atoms with Crippen LogP contribution in [0.3, 0.4) is 0 Å². The minimum Gasteiger partial charge on any atom is -0.319 e. The Balaban J connectivity index is 3.79. The Morgan fingerprint density at radius 2 is 2.10 bits per heavy atom. The van der Waals surface area contributed by atoms with E-state index in [1.807, 2.05) is 14.0 Å². The predicted octanol–water partition coefficient (Wildman–Crippen LogP) is 1.59. The van der Waals surface area contributed by atoms with Gasteiger partial charge in [0.25, 0.3) is 0 Å². The Hall–Kier alpha value is -0.630. The van der Waals surface area contributed by atoms with Gasteiger partial charge in [0, 0.05) is 5.70 Å². The molecule has 0 saturated carbocycles. The first-order valence-corrected chi connectivity index (χ1v) is 3.50. The van der Waals surface area contributed by atoms with E-state index in [-0.39, 0.29) is 0 Å². The molecule has 0 fully saturated rings. The van der Waals surface area contributed by atoms with Crippen LogP contribution >= 0.6 is 0 Å². The van der Waals surface area contributed by atoms with E-state index in [1.54, 1.807) is 0 Å². The monoisotopic (exact) mass is 140 g/mol. The number of allylic oxidation sites excluding steroid dienone is 1. The molecule has 1 N–H and O–H groups in total. The Labute approximate surface area is 63.0 Å². The van der Waals surface area contributed by atoms with Crippen LogP contribution in [0.25, 0.3) is 0 Å². The van der Waals surface area contributed by atoms with Gasteiger partial charge in [-0.3, -0.25) is 4.99 Å². The number of rotatable bonds is 4. The first kappa shape index (κ1) is 9.37. The fourth-order valence-corrected chi connectivity index (χ4v) is 0.628. The molecule has 0 radical (unpaired) electrons. The third kappa shape index (κ3) is 3.41. The molecular formula is C8H16N2. The van der Waals surface area contributed by atoms with Gasteiger partial charge < -0.3 is 5.32 Å². The summed E-state index contributed by atoms with van der Waals surface area (Å²) in [6.45, 7) is 8.54. The third-order valence-corrected chi connectivity index (χ3v) is 1.60. The summed E-state index contributed by atoms with van der Waals surface area (Å²) in [5, 5.41) is 3.08. The van der Waals surface area contributed by atoms with Gasteiger partial charge in [-0.2, -0.15) is 0 Å². The van der Waals surface area contributed by atoms with Crippen LogP contribution in [-0.4, -0.2) is 20.3 Å². The van der Waals surface area contributed by atoms with E-state index in [4.69, 9.17) is 0 Å². The quantitative estimate of drug-likeness (QED) is 0.589. The molecule has 0 aliphatic carbocycles. The van der Waals surface area contributed by atoms with Gasteiger partial charge in [-0.05, 0) is 40.6 Å². The van der Waals surface area contributed by atoms with Crippen molar-refractivity contribution in [3.05, 3.63) is 11.3 Å². The van der Waals surface area contributed by atoms with Gasteiger partial charge in [-0.25, -0.2) is 0 Å². The molecule has 0 atom stereocenters. The molecular weight excluding hydrogens is 124 g/mol. The second-order valence-corrected chi connectivity index (χ2v) is 2.38. The molecule has 0 aromatic heterocycles. The lowest BCUT2D eigenvalue weighted by atomic mass is 10.2. The number of hydrogen-bond acceptors (Lipinski definition) is 2. The minimum absolute atomic E-state index is 1.01. The van der Waals surface area contributed by atoms with E-state index in [0.717, 1.165) is 18.7 Å². The Morgan fingerprint density at radius 3 is 2.50 bits per heavy atom. The van der Waals surface area contributed by atoms with Gasteiger partial charge in [-0.15, -0.1) is 0 Å². The smallest absolute Gasteiger partial charge is 0.0355 e. The summed E-state index contributed by atoms with van der Waals surface area (Å²) >= 11 is 0. The molecule has 0 saturated heterocycles. The summed E-state index contributed by atoms with van der Waals surface area (Å²) in [6, 6.07) is 0. The lowest BCUT2D eigenvalue weighted by molar-refractivity contribution is 0.779. The number of hydrogen-bond donors (Lipinski definition) is 1. The molecule has 0 bridgehead atoms. The number of nitrogens with zero attached hydrogens (tertiary/aromatic N) is 1. The molecule has 2 nitrogen and oxygen atoms in total. The van der Waals surface area contributed by atoms with Gasteiger partial charge >= 0.3 is 0 Å². The van der Waals surface area contributed by atoms with Crippen LogP contribution in [0.1, 0.15) is 20.3 Å². The Kier molecular flexibility index (Phi) is 4.85. The third-order valence-electron chi connectivity index (χ3n) is 1.60. The maximum atomic E-state index is 3.84. The molecule has 0 spiro atoms. The fourth-order valence-electron chi connectivity index (χ4n) is 0.628. The lowest BCUT2D eigenvalue weighted by Gasteiger charge is -2.01. The molecule has 10 heavy (non-hydrogen) atoms. The van der Waals surface area contributed by atoms with Gasteiger partial charge in [0.2, 0.25) is 0 Å². The summed E-state index contributed by atoms with van der Waals surface area (Å²) in [6.07, 6.45) is 1.06. The summed E-state index contributed by atoms with van der Waals surface area (Å²) in [4.78, 5) is 3.84. The van der Waals surface area contributed by atoms with Crippen molar-refractivity contribution in [1.82, 2.24) is 5.32 Å². The number of aliphatic imine (C=N–C) groups is 1. The first-order chi connectivity index (χ1) is 4.72. The van der Waals surface area contributed by atoms with Gasteiger partial charge in [0.15, 0.2) is 0 Å². The summed E-state index contributed by atoms with van der Waals surface area (Å²) in [7, 11) is 1.95. The van der Waals surface area contributed by atoms with E-state index in [9.17, 15) is 0 Å². The highest BCUT2D eigenvalue weighted by Gasteiger charge is 1.92. The van der Waals surface area contributed by atoms with Crippen LogP contribution < -0.4 is 5.32 Å². The van der Waals surface area contributed by atoms with Crippen LogP contribution in [0.2, 0.25) is 0 Å². The Morgan fingerprint density at radius 1 is 1.50 bits per heavy atom. The first-order valence-electron chi connectivity index (χ1n) is 3.50. The molecule has 2 heteroatoms. The van der Waals surface area contributed by atoms with Crippen molar-refractivity contribution in [3.8, 4) is 0 Å². The average molecular weight is 140 g/mol. The fraction of sp³-hybridized carbons (Fsp3) is 0.625. The highest BCUT2D eigenvalue weighted by atomic mass is 14.8. The van der Waals surface area contributed by atoms with E-state index in [0.29, 0.717) is 0 Å². The second-order valence-electron chi connectivity index (χ2n) is 2.38. The van der Waals surface area contributed by atoms with Crippen molar-refractivity contribution in [2.24, 2.45) is 4.99 Å². The van der Waals surface area contributed by atoms with Gasteiger partial charge in [0.1, 0.15) is 0 Å². The molecule has 0 unspecified atom stereocenters. The average Bonchev–Trinajstić information content (AvgIpc) is 1.98. The number of nitrogens with one attached hydrogen (secondary N) is 1.